The van der Waals surface area contributed by atoms with Crippen LogP contribution in [-0.4, -0.2) is 56.0 Å². The molecule has 0 spiro atoms. The number of ether oxygens (including phenoxy) is 2. The van der Waals surface area contributed by atoms with Gasteiger partial charge in [0.2, 0.25) is 0 Å². The minimum atomic E-state index is -0.274. The Kier molecular flexibility index (Phi) is 3.98. The third kappa shape index (κ3) is 2.44. The zero-order valence-corrected chi connectivity index (χ0v) is 13.6. The van der Waals surface area contributed by atoms with Crippen molar-refractivity contribution in [2.75, 3.05) is 34.4 Å². The molecule has 23 heavy (non-hydrogen) atoms. The van der Waals surface area contributed by atoms with Crippen LogP contribution in [0, 0.1) is 0 Å². The molecule has 0 aliphatic carbocycles. The summed E-state index contributed by atoms with van der Waals surface area (Å²) in [6.07, 6.45) is 2.07. The number of hydrogen-bond acceptors (Lipinski definition) is 5. The predicted molar refractivity (Wildman–Crippen MR) is 85.1 cm³/mol. The molecule has 0 aromatic heterocycles. The zero-order chi connectivity index (χ0) is 16.6. The van der Waals surface area contributed by atoms with Gasteiger partial charge in [0.25, 0.3) is 11.8 Å². The SMILES string of the molecule is COc1ccc(C2=C(N3CCCC3)C(=O)N(C)C2=O)cc1OC. The summed E-state index contributed by atoms with van der Waals surface area (Å²) < 4.78 is 10.6. The van der Waals surface area contributed by atoms with Crippen LogP contribution in [0.25, 0.3) is 5.57 Å². The first-order chi connectivity index (χ1) is 11.1. The fraction of sp³-hybridized carbons (Fsp3) is 0.412. The zero-order valence-electron chi connectivity index (χ0n) is 13.6. The Hall–Kier alpha value is -2.50. The first-order valence-electron chi connectivity index (χ1n) is 7.62. The molecule has 6 nitrogen and oxygen atoms in total. The van der Waals surface area contributed by atoms with Gasteiger partial charge in [0, 0.05) is 20.1 Å². The molecule has 2 aliphatic rings. The lowest BCUT2D eigenvalue weighted by Crippen LogP contribution is -2.31. The number of hydrogen-bond donors (Lipinski definition) is 0. The van der Waals surface area contributed by atoms with Crippen molar-refractivity contribution >= 4 is 17.4 Å². The summed E-state index contributed by atoms with van der Waals surface area (Å²) in [6, 6.07) is 5.28. The fourth-order valence-corrected chi connectivity index (χ4v) is 3.11. The number of methoxy groups -OCH3 is 2. The Bertz CT molecular complexity index is 690. The van der Waals surface area contributed by atoms with Gasteiger partial charge in [0.15, 0.2) is 11.5 Å². The van der Waals surface area contributed by atoms with Crippen molar-refractivity contribution in [1.29, 1.82) is 0 Å². The van der Waals surface area contributed by atoms with E-state index in [1.807, 2.05) is 4.90 Å². The second-order valence-corrected chi connectivity index (χ2v) is 5.66. The molecule has 0 saturated carbocycles. The predicted octanol–water partition coefficient (Wildman–Crippen LogP) is 1.51. The average molecular weight is 316 g/mol. The van der Waals surface area contributed by atoms with Crippen molar-refractivity contribution in [2.24, 2.45) is 0 Å². The lowest BCUT2D eigenvalue weighted by molar-refractivity contribution is -0.135. The van der Waals surface area contributed by atoms with Crippen LogP contribution in [-0.2, 0) is 9.59 Å². The molecule has 2 heterocycles. The summed E-state index contributed by atoms with van der Waals surface area (Å²) in [7, 11) is 4.63. The molecule has 122 valence electrons. The van der Waals surface area contributed by atoms with Gasteiger partial charge in [-0.05, 0) is 30.5 Å². The maximum absolute atomic E-state index is 12.6. The third-order valence-electron chi connectivity index (χ3n) is 4.36. The highest BCUT2D eigenvalue weighted by atomic mass is 16.5. The van der Waals surface area contributed by atoms with Crippen molar-refractivity contribution in [3.63, 3.8) is 0 Å². The van der Waals surface area contributed by atoms with E-state index in [0.29, 0.717) is 28.3 Å². The average Bonchev–Trinajstić information content (AvgIpc) is 3.17. The summed E-state index contributed by atoms with van der Waals surface area (Å²) in [4.78, 5) is 28.3. The smallest absolute Gasteiger partial charge is 0.277 e. The molecule has 6 heteroatoms. The Morgan fingerprint density at radius 2 is 1.61 bits per heavy atom. The van der Waals surface area contributed by atoms with Crippen molar-refractivity contribution in [3.05, 3.63) is 29.5 Å². The van der Waals surface area contributed by atoms with Crippen LogP contribution in [0.5, 0.6) is 11.5 Å². The van der Waals surface area contributed by atoms with Crippen LogP contribution >= 0.6 is 0 Å². The highest BCUT2D eigenvalue weighted by Gasteiger charge is 2.40. The second kappa shape index (κ2) is 5.95. The van der Waals surface area contributed by atoms with Crippen molar-refractivity contribution < 1.29 is 19.1 Å². The third-order valence-corrected chi connectivity index (χ3v) is 4.36. The lowest BCUT2D eigenvalue weighted by Gasteiger charge is -2.19. The second-order valence-electron chi connectivity index (χ2n) is 5.66. The van der Waals surface area contributed by atoms with Crippen molar-refractivity contribution in [2.45, 2.75) is 12.8 Å². The number of likely N-dealkylation sites (N-methyl/N-ethyl adjacent to an activating group) is 1. The van der Waals surface area contributed by atoms with Crippen LogP contribution in [0.3, 0.4) is 0 Å². The van der Waals surface area contributed by atoms with Gasteiger partial charge < -0.3 is 14.4 Å². The first-order valence-corrected chi connectivity index (χ1v) is 7.62. The summed E-state index contributed by atoms with van der Waals surface area (Å²) in [6.45, 7) is 1.61. The number of amides is 2. The molecule has 1 saturated heterocycles. The van der Waals surface area contributed by atoms with Crippen molar-refractivity contribution in [3.8, 4) is 11.5 Å². The van der Waals surface area contributed by atoms with Gasteiger partial charge in [-0.2, -0.15) is 0 Å². The van der Waals surface area contributed by atoms with Crippen LogP contribution < -0.4 is 9.47 Å². The maximum atomic E-state index is 12.6. The van der Waals surface area contributed by atoms with Gasteiger partial charge in [-0.25, -0.2) is 0 Å². The molecule has 0 bridgehead atoms. The van der Waals surface area contributed by atoms with Crippen LogP contribution in [0.2, 0.25) is 0 Å². The van der Waals surface area contributed by atoms with Gasteiger partial charge in [-0.1, -0.05) is 6.07 Å². The van der Waals surface area contributed by atoms with Crippen LogP contribution in [0.1, 0.15) is 18.4 Å². The molecule has 1 aromatic carbocycles. The summed E-state index contributed by atoms with van der Waals surface area (Å²) in [5.74, 6) is 0.614. The molecule has 0 unspecified atom stereocenters. The number of benzene rings is 1. The Morgan fingerprint density at radius 3 is 2.22 bits per heavy atom. The first kappa shape index (κ1) is 15.4. The van der Waals surface area contributed by atoms with Crippen LogP contribution in [0.15, 0.2) is 23.9 Å². The van der Waals surface area contributed by atoms with E-state index < -0.39 is 0 Å². The van der Waals surface area contributed by atoms with E-state index in [4.69, 9.17) is 9.47 Å². The molecule has 0 radical (unpaired) electrons. The molecular weight excluding hydrogens is 296 g/mol. The Balaban J connectivity index is 2.13. The van der Waals surface area contributed by atoms with E-state index in [1.165, 1.54) is 11.9 Å². The molecular formula is C17H20N2O4. The Labute approximate surface area is 135 Å². The monoisotopic (exact) mass is 316 g/mol. The van der Waals surface area contributed by atoms with E-state index in [-0.39, 0.29) is 11.8 Å². The molecule has 2 aliphatic heterocycles. The normalized spacial score (nSPS) is 18.2. The largest absolute Gasteiger partial charge is 0.493 e. The lowest BCUT2D eigenvalue weighted by atomic mass is 10.0. The summed E-state index contributed by atoms with van der Waals surface area (Å²) >= 11 is 0. The fourth-order valence-electron chi connectivity index (χ4n) is 3.11. The van der Waals surface area contributed by atoms with E-state index in [0.717, 1.165) is 25.9 Å². The minimum Gasteiger partial charge on any atom is -0.493 e. The molecule has 0 atom stereocenters. The molecule has 1 aromatic rings. The number of imide groups is 1. The number of likely N-dealkylation sites (tertiary alicyclic amines) is 1. The number of carbonyl (C=O) groups is 2. The van der Waals surface area contributed by atoms with Gasteiger partial charge in [-0.15, -0.1) is 0 Å². The summed E-state index contributed by atoms with van der Waals surface area (Å²) in [5, 5.41) is 0. The van der Waals surface area contributed by atoms with E-state index in [1.54, 1.807) is 32.4 Å². The standard InChI is InChI=1S/C17H20N2O4/c1-18-16(20)14(15(17(18)21)19-8-4-5-9-19)11-6-7-12(22-2)13(10-11)23-3/h6-7,10H,4-5,8-9H2,1-3H3. The highest BCUT2D eigenvalue weighted by molar-refractivity contribution is 6.35. The van der Waals surface area contributed by atoms with Crippen molar-refractivity contribution in [1.82, 2.24) is 9.80 Å². The number of nitrogens with zero attached hydrogens (tertiary/aromatic N) is 2. The van der Waals surface area contributed by atoms with E-state index in [2.05, 4.69) is 0 Å². The molecule has 0 N–H and O–H groups in total. The van der Waals surface area contributed by atoms with Gasteiger partial charge in [0.05, 0.1) is 19.8 Å². The molecule has 2 amide bonds. The highest BCUT2D eigenvalue weighted by Crippen LogP contribution is 2.36. The topological polar surface area (TPSA) is 59.1 Å². The minimum absolute atomic E-state index is 0.235. The quantitative estimate of drug-likeness (QED) is 0.788. The maximum Gasteiger partial charge on any atom is 0.277 e. The van der Waals surface area contributed by atoms with Crippen LogP contribution in [0.4, 0.5) is 0 Å². The van der Waals surface area contributed by atoms with E-state index >= 15 is 0 Å². The van der Waals surface area contributed by atoms with Gasteiger partial charge in [0.1, 0.15) is 5.70 Å². The summed E-state index contributed by atoms with van der Waals surface area (Å²) in [5.41, 5.74) is 1.62. The number of carbonyl (C=O) groups excluding carboxylic acids is 2. The van der Waals surface area contributed by atoms with Gasteiger partial charge in [-0.3, -0.25) is 14.5 Å². The molecule has 1 fully saturated rings. The molecule has 3 rings (SSSR count). The van der Waals surface area contributed by atoms with E-state index in [9.17, 15) is 9.59 Å². The number of rotatable bonds is 4. The Morgan fingerprint density at radius 1 is 0.957 bits per heavy atom. The van der Waals surface area contributed by atoms with Gasteiger partial charge >= 0.3 is 0 Å².